The lowest BCUT2D eigenvalue weighted by molar-refractivity contribution is -0.128. The average molecular weight is 372 g/mol. The van der Waals surface area contributed by atoms with Gasteiger partial charge < -0.3 is 10.6 Å². The summed E-state index contributed by atoms with van der Waals surface area (Å²) in [4.78, 5) is 30.7. The molecule has 5 nitrogen and oxygen atoms in total. The monoisotopic (exact) mass is 371 g/mol. The first-order chi connectivity index (χ1) is 12.4. The van der Waals surface area contributed by atoms with Gasteiger partial charge in [-0.3, -0.25) is 9.59 Å². The van der Waals surface area contributed by atoms with E-state index in [0.717, 1.165) is 40.4 Å². The zero-order valence-corrected chi connectivity index (χ0v) is 16.3. The number of amides is 2. The van der Waals surface area contributed by atoms with Gasteiger partial charge in [0.25, 0.3) is 5.91 Å². The van der Waals surface area contributed by atoms with Crippen LogP contribution in [0.5, 0.6) is 0 Å². The minimum absolute atomic E-state index is 0.0991. The van der Waals surface area contributed by atoms with Gasteiger partial charge in [-0.05, 0) is 44.4 Å². The van der Waals surface area contributed by atoms with Gasteiger partial charge in [0.05, 0.1) is 15.6 Å². The molecule has 0 aliphatic heterocycles. The molecule has 0 radical (unpaired) electrons. The van der Waals surface area contributed by atoms with Crippen molar-refractivity contribution in [3.8, 4) is 10.4 Å². The normalized spacial score (nSPS) is 16.1. The number of carbonyl (C=O) groups excluding carboxylic acids is 2. The summed E-state index contributed by atoms with van der Waals surface area (Å²) in [6.45, 7) is 3.99. The Kier molecular flexibility index (Phi) is 5.41. The van der Waals surface area contributed by atoms with E-state index in [1.165, 1.54) is 0 Å². The van der Waals surface area contributed by atoms with Crippen molar-refractivity contribution in [1.29, 1.82) is 0 Å². The molecule has 138 valence electrons. The molecule has 0 atom stereocenters. The number of aromatic nitrogens is 1. The number of carbonyl (C=O) groups is 2. The SMILES string of the molecule is CNC(=O)C1(NC(=O)c2ccc(-c3sc(C)nc3C)cc2)CCCCC1. The van der Waals surface area contributed by atoms with Gasteiger partial charge in [-0.1, -0.05) is 31.4 Å². The van der Waals surface area contributed by atoms with Crippen molar-refractivity contribution in [2.75, 3.05) is 7.05 Å². The van der Waals surface area contributed by atoms with Crippen molar-refractivity contribution in [3.63, 3.8) is 0 Å². The maximum Gasteiger partial charge on any atom is 0.252 e. The molecular weight excluding hydrogens is 346 g/mol. The standard InChI is InChI=1S/C20H25N3O2S/c1-13-17(26-14(2)22-13)15-7-9-16(10-8-15)18(24)23-20(19(25)21-3)11-5-4-6-12-20/h7-10H,4-6,11-12H2,1-3H3,(H,21,25)(H,23,24). The molecule has 1 fully saturated rings. The van der Waals surface area contributed by atoms with Crippen LogP contribution in [0.4, 0.5) is 0 Å². The summed E-state index contributed by atoms with van der Waals surface area (Å²) >= 11 is 1.65. The third-order valence-corrected chi connectivity index (χ3v) is 6.16. The van der Waals surface area contributed by atoms with Gasteiger partial charge in [0.15, 0.2) is 0 Å². The van der Waals surface area contributed by atoms with E-state index in [1.54, 1.807) is 18.4 Å². The second-order valence-corrected chi connectivity index (χ2v) is 8.10. The topological polar surface area (TPSA) is 71.1 Å². The Hall–Kier alpha value is -2.21. The van der Waals surface area contributed by atoms with E-state index in [-0.39, 0.29) is 11.8 Å². The Balaban J connectivity index is 1.79. The van der Waals surface area contributed by atoms with E-state index < -0.39 is 5.54 Å². The van der Waals surface area contributed by atoms with Crippen molar-refractivity contribution < 1.29 is 9.59 Å². The van der Waals surface area contributed by atoms with Crippen LogP contribution in [0.1, 0.15) is 53.2 Å². The van der Waals surface area contributed by atoms with E-state index in [0.29, 0.717) is 18.4 Å². The zero-order chi connectivity index (χ0) is 18.7. The van der Waals surface area contributed by atoms with Crippen LogP contribution in [0.2, 0.25) is 0 Å². The van der Waals surface area contributed by atoms with E-state index >= 15 is 0 Å². The molecule has 1 aromatic carbocycles. The van der Waals surface area contributed by atoms with Crippen molar-refractivity contribution in [3.05, 3.63) is 40.5 Å². The summed E-state index contributed by atoms with van der Waals surface area (Å²) in [5.41, 5.74) is 1.85. The van der Waals surface area contributed by atoms with Crippen LogP contribution in [0, 0.1) is 13.8 Å². The molecule has 0 bridgehead atoms. The molecule has 2 amide bonds. The van der Waals surface area contributed by atoms with Crippen LogP contribution in [0.15, 0.2) is 24.3 Å². The third-order valence-electron chi connectivity index (χ3n) is 5.03. The molecule has 26 heavy (non-hydrogen) atoms. The molecule has 1 aliphatic carbocycles. The highest BCUT2D eigenvalue weighted by Crippen LogP contribution is 2.31. The molecule has 2 aromatic rings. The summed E-state index contributed by atoms with van der Waals surface area (Å²) < 4.78 is 0. The van der Waals surface area contributed by atoms with E-state index in [4.69, 9.17) is 0 Å². The largest absolute Gasteiger partial charge is 0.357 e. The first kappa shape index (κ1) is 18.6. The molecule has 3 rings (SSSR count). The number of hydrogen-bond acceptors (Lipinski definition) is 4. The smallest absolute Gasteiger partial charge is 0.252 e. The maximum absolute atomic E-state index is 12.8. The highest BCUT2D eigenvalue weighted by atomic mass is 32.1. The molecule has 1 heterocycles. The van der Waals surface area contributed by atoms with Crippen LogP contribution in [0.25, 0.3) is 10.4 Å². The Morgan fingerprint density at radius 3 is 2.27 bits per heavy atom. The minimum Gasteiger partial charge on any atom is -0.357 e. The highest BCUT2D eigenvalue weighted by Gasteiger charge is 2.40. The maximum atomic E-state index is 12.8. The second-order valence-electron chi connectivity index (χ2n) is 6.90. The molecule has 1 aromatic heterocycles. The molecule has 0 saturated heterocycles. The fourth-order valence-electron chi connectivity index (χ4n) is 3.67. The number of nitrogens with zero attached hydrogens (tertiary/aromatic N) is 1. The van der Waals surface area contributed by atoms with E-state index in [2.05, 4.69) is 15.6 Å². The van der Waals surface area contributed by atoms with Crippen molar-refractivity contribution >= 4 is 23.2 Å². The van der Waals surface area contributed by atoms with Gasteiger partial charge in [0, 0.05) is 12.6 Å². The number of benzene rings is 1. The molecule has 0 unspecified atom stereocenters. The van der Waals surface area contributed by atoms with Gasteiger partial charge in [-0.2, -0.15) is 0 Å². The van der Waals surface area contributed by atoms with Crippen molar-refractivity contribution in [1.82, 2.24) is 15.6 Å². The number of thiazole rings is 1. The highest BCUT2D eigenvalue weighted by molar-refractivity contribution is 7.15. The summed E-state index contributed by atoms with van der Waals surface area (Å²) in [7, 11) is 1.62. The molecular formula is C20H25N3O2S. The Bertz CT molecular complexity index is 805. The Labute approximate surface area is 158 Å². The van der Waals surface area contributed by atoms with Crippen LogP contribution in [-0.4, -0.2) is 29.4 Å². The fourth-order valence-corrected chi connectivity index (χ4v) is 4.59. The van der Waals surface area contributed by atoms with Gasteiger partial charge in [-0.15, -0.1) is 11.3 Å². The van der Waals surface area contributed by atoms with Crippen LogP contribution >= 0.6 is 11.3 Å². The lowest BCUT2D eigenvalue weighted by Crippen LogP contribution is -2.59. The number of aryl methyl sites for hydroxylation is 2. The predicted molar refractivity (Wildman–Crippen MR) is 104 cm³/mol. The molecule has 1 aliphatic rings. The average Bonchev–Trinajstić information content (AvgIpc) is 3.00. The summed E-state index contributed by atoms with van der Waals surface area (Å²) in [5, 5.41) is 6.76. The van der Waals surface area contributed by atoms with Crippen LogP contribution in [0.3, 0.4) is 0 Å². The van der Waals surface area contributed by atoms with Crippen molar-refractivity contribution in [2.24, 2.45) is 0 Å². The van der Waals surface area contributed by atoms with E-state index in [1.807, 2.05) is 38.1 Å². The first-order valence-electron chi connectivity index (χ1n) is 9.04. The molecule has 6 heteroatoms. The Morgan fingerprint density at radius 1 is 1.08 bits per heavy atom. The quantitative estimate of drug-likeness (QED) is 0.862. The third kappa shape index (κ3) is 3.65. The molecule has 1 saturated carbocycles. The Morgan fingerprint density at radius 2 is 1.73 bits per heavy atom. The number of hydrogen-bond donors (Lipinski definition) is 2. The zero-order valence-electron chi connectivity index (χ0n) is 15.5. The van der Waals surface area contributed by atoms with E-state index in [9.17, 15) is 9.59 Å². The minimum atomic E-state index is -0.784. The first-order valence-corrected chi connectivity index (χ1v) is 9.86. The van der Waals surface area contributed by atoms with Gasteiger partial charge >= 0.3 is 0 Å². The number of rotatable bonds is 4. The summed E-state index contributed by atoms with van der Waals surface area (Å²) in [5.74, 6) is -0.294. The molecule has 2 N–H and O–H groups in total. The second kappa shape index (κ2) is 7.58. The fraction of sp³-hybridized carbons (Fsp3) is 0.450. The van der Waals surface area contributed by atoms with Crippen LogP contribution < -0.4 is 10.6 Å². The van der Waals surface area contributed by atoms with Crippen molar-refractivity contribution in [2.45, 2.75) is 51.5 Å². The number of likely N-dealkylation sites (N-methyl/N-ethyl adjacent to an activating group) is 1. The van der Waals surface area contributed by atoms with Gasteiger partial charge in [0.2, 0.25) is 5.91 Å². The number of nitrogens with one attached hydrogen (secondary N) is 2. The predicted octanol–water partition coefficient (Wildman–Crippen LogP) is 3.61. The lowest BCUT2D eigenvalue weighted by Gasteiger charge is -2.36. The lowest BCUT2D eigenvalue weighted by atomic mass is 9.80. The van der Waals surface area contributed by atoms with Gasteiger partial charge in [-0.25, -0.2) is 4.98 Å². The summed E-state index contributed by atoms with van der Waals surface area (Å²) in [6, 6.07) is 7.53. The summed E-state index contributed by atoms with van der Waals surface area (Å²) in [6.07, 6.45) is 4.40. The molecule has 0 spiro atoms. The van der Waals surface area contributed by atoms with Gasteiger partial charge in [0.1, 0.15) is 5.54 Å². The van der Waals surface area contributed by atoms with Crippen LogP contribution in [-0.2, 0) is 4.79 Å².